The summed E-state index contributed by atoms with van der Waals surface area (Å²) in [7, 11) is 0. The molecule has 2 heterocycles. The maximum atomic E-state index is 6.28. The molecule has 19 heavy (non-hydrogen) atoms. The number of rotatable bonds is 3. The summed E-state index contributed by atoms with van der Waals surface area (Å²) in [5.74, 6) is 2.78. The number of hydrogen-bond acceptors (Lipinski definition) is 3. The predicted molar refractivity (Wildman–Crippen MR) is 74.4 cm³/mol. The van der Waals surface area contributed by atoms with E-state index in [9.17, 15) is 0 Å². The van der Waals surface area contributed by atoms with Gasteiger partial charge in [-0.15, -0.1) is 0 Å². The van der Waals surface area contributed by atoms with E-state index in [1.165, 1.54) is 5.56 Å². The molecule has 0 radical (unpaired) electrons. The third kappa shape index (κ3) is 2.26. The Morgan fingerprint density at radius 2 is 2.16 bits per heavy atom. The summed E-state index contributed by atoms with van der Waals surface area (Å²) in [6.45, 7) is 4.15. The van der Waals surface area contributed by atoms with Crippen LogP contribution in [0.15, 0.2) is 34.7 Å². The van der Waals surface area contributed by atoms with E-state index in [4.69, 9.17) is 14.9 Å². The third-order valence-electron chi connectivity index (χ3n) is 3.62. The highest BCUT2D eigenvalue weighted by atomic mass is 16.5. The first kappa shape index (κ1) is 12.3. The van der Waals surface area contributed by atoms with Gasteiger partial charge in [0, 0.05) is 12.8 Å². The van der Waals surface area contributed by atoms with Crippen LogP contribution in [0.25, 0.3) is 0 Å². The zero-order valence-corrected chi connectivity index (χ0v) is 11.3. The lowest BCUT2D eigenvalue weighted by molar-refractivity contribution is 0.254. The average molecular weight is 257 g/mol. The van der Waals surface area contributed by atoms with E-state index >= 15 is 0 Å². The van der Waals surface area contributed by atoms with Gasteiger partial charge in [-0.3, -0.25) is 0 Å². The molecule has 0 aliphatic carbocycles. The number of benzene rings is 1. The van der Waals surface area contributed by atoms with Gasteiger partial charge in [0.25, 0.3) is 0 Å². The first-order chi connectivity index (χ1) is 9.17. The summed E-state index contributed by atoms with van der Waals surface area (Å²) < 4.78 is 11.4. The minimum atomic E-state index is -0.207. The second-order valence-corrected chi connectivity index (χ2v) is 5.14. The standard InChI is InChI=1S/C16H19NO2/c1-3-13-5-7-15(19-13)16(17)11-4-6-14-12(9-11)8-10(2)18-14/h4-7,9-10,16H,3,8,17H2,1-2H3. The maximum Gasteiger partial charge on any atom is 0.125 e. The first-order valence-corrected chi connectivity index (χ1v) is 6.81. The van der Waals surface area contributed by atoms with Crippen LogP contribution in [0.2, 0.25) is 0 Å². The summed E-state index contributed by atoms with van der Waals surface area (Å²) in [4.78, 5) is 0. The molecule has 1 aliphatic rings. The Hall–Kier alpha value is -1.74. The van der Waals surface area contributed by atoms with Crippen LogP contribution in [0.4, 0.5) is 0 Å². The van der Waals surface area contributed by atoms with Crippen LogP contribution in [0.1, 0.15) is 42.5 Å². The summed E-state index contributed by atoms with van der Waals surface area (Å²) in [6, 6.07) is 9.93. The lowest BCUT2D eigenvalue weighted by Crippen LogP contribution is -2.11. The predicted octanol–water partition coefficient (Wildman–Crippen LogP) is 3.21. The SMILES string of the molecule is CCc1ccc(C(N)c2ccc3c(c2)CC(C)O3)o1. The van der Waals surface area contributed by atoms with Gasteiger partial charge in [-0.25, -0.2) is 0 Å². The molecule has 0 saturated heterocycles. The lowest BCUT2D eigenvalue weighted by Gasteiger charge is -2.10. The fourth-order valence-corrected chi connectivity index (χ4v) is 2.55. The summed E-state index contributed by atoms with van der Waals surface area (Å²) in [5, 5.41) is 0. The van der Waals surface area contributed by atoms with Gasteiger partial charge >= 0.3 is 0 Å². The molecule has 2 atom stereocenters. The molecule has 1 aromatic heterocycles. The van der Waals surface area contributed by atoms with Crippen molar-refractivity contribution in [3.63, 3.8) is 0 Å². The number of furan rings is 1. The second-order valence-electron chi connectivity index (χ2n) is 5.14. The van der Waals surface area contributed by atoms with Crippen molar-refractivity contribution < 1.29 is 9.15 Å². The topological polar surface area (TPSA) is 48.4 Å². The number of aryl methyl sites for hydroxylation is 1. The van der Waals surface area contributed by atoms with Crippen LogP contribution in [0.5, 0.6) is 5.75 Å². The van der Waals surface area contributed by atoms with Crippen molar-refractivity contribution in [2.24, 2.45) is 5.73 Å². The van der Waals surface area contributed by atoms with Gasteiger partial charge in [0.05, 0.1) is 6.04 Å². The maximum absolute atomic E-state index is 6.28. The Bertz CT molecular complexity index is 588. The molecule has 100 valence electrons. The molecule has 2 unspecified atom stereocenters. The van der Waals surface area contributed by atoms with E-state index in [0.29, 0.717) is 0 Å². The number of fused-ring (bicyclic) bond motifs is 1. The molecule has 0 amide bonds. The zero-order valence-electron chi connectivity index (χ0n) is 11.3. The van der Waals surface area contributed by atoms with Crippen LogP contribution < -0.4 is 10.5 Å². The Kier molecular flexibility index (Phi) is 3.07. The smallest absolute Gasteiger partial charge is 0.125 e. The lowest BCUT2D eigenvalue weighted by atomic mass is 10.0. The van der Waals surface area contributed by atoms with E-state index in [1.807, 2.05) is 24.3 Å². The molecule has 0 fully saturated rings. The normalized spacial score (nSPS) is 19.0. The molecule has 2 aromatic rings. The monoisotopic (exact) mass is 257 g/mol. The van der Waals surface area contributed by atoms with Crippen LogP contribution in [0.3, 0.4) is 0 Å². The molecule has 0 bridgehead atoms. The van der Waals surface area contributed by atoms with Gasteiger partial charge in [0.1, 0.15) is 23.4 Å². The Morgan fingerprint density at radius 1 is 1.32 bits per heavy atom. The Balaban J connectivity index is 1.88. The van der Waals surface area contributed by atoms with Crippen molar-refractivity contribution in [1.29, 1.82) is 0 Å². The van der Waals surface area contributed by atoms with Crippen LogP contribution >= 0.6 is 0 Å². The van der Waals surface area contributed by atoms with Crippen LogP contribution in [-0.2, 0) is 12.8 Å². The van der Waals surface area contributed by atoms with Gasteiger partial charge in [-0.05, 0) is 42.3 Å². The fraction of sp³-hybridized carbons (Fsp3) is 0.375. The van der Waals surface area contributed by atoms with Crippen LogP contribution in [0, 0.1) is 0 Å². The number of nitrogens with two attached hydrogens (primary N) is 1. The first-order valence-electron chi connectivity index (χ1n) is 6.81. The molecule has 3 rings (SSSR count). The Labute approximate surface area is 113 Å². The summed E-state index contributed by atoms with van der Waals surface area (Å²) in [6.07, 6.45) is 2.10. The molecule has 1 aromatic carbocycles. The molecular weight excluding hydrogens is 238 g/mol. The van der Waals surface area contributed by atoms with Gasteiger partial charge < -0.3 is 14.9 Å². The largest absolute Gasteiger partial charge is 0.490 e. The highest BCUT2D eigenvalue weighted by Crippen LogP contribution is 2.32. The van der Waals surface area contributed by atoms with Crippen LogP contribution in [-0.4, -0.2) is 6.10 Å². The van der Waals surface area contributed by atoms with Gasteiger partial charge in [0.15, 0.2) is 0 Å². The van der Waals surface area contributed by atoms with E-state index in [0.717, 1.165) is 35.7 Å². The molecule has 3 heteroatoms. The quantitative estimate of drug-likeness (QED) is 0.918. The highest BCUT2D eigenvalue weighted by molar-refractivity contribution is 5.42. The van der Waals surface area contributed by atoms with Gasteiger partial charge in [-0.2, -0.15) is 0 Å². The van der Waals surface area contributed by atoms with Crippen molar-refractivity contribution in [1.82, 2.24) is 0 Å². The number of hydrogen-bond donors (Lipinski definition) is 1. The average Bonchev–Trinajstić information content (AvgIpc) is 3.01. The fourth-order valence-electron chi connectivity index (χ4n) is 2.55. The van der Waals surface area contributed by atoms with Gasteiger partial charge in [0.2, 0.25) is 0 Å². The molecule has 2 N–H and O–H groups in total. The number of ether oxygens (including phenoxy) is 1. The summed E-state index contributed by atoms with van der Waals surface area (Å²) in [5.41, 5.74) is 8.59. The zero-order chi connectivity index (χ0) is 13.4. The Morgan fingerprint density at radius 3 is 2.89 bits per heavy atom. The second kappa shape index (κ2) is 4.74. The summed E-state index contributed by atoms with van der Waals surface area (Å²) >= 11 is 0. The van der Waals surface area contributed by atoms with Crippen molar-refractivity contribution in [3.8, 4) is 5.75 Å². The van der Waals surface area contributed by atoms with E-state index < -0.39 is 0 Å². The van der Waals surface area contributed by atoms with E-state index in [1.54, 1.807) is 0 Å². The highest BCUT2D eigenvalue weighted by Gasteiger charge is 2.21. The van der Waals surface area contributed by atoms with Crippen molar-refractivity contribution in [3.05, 3.63) is 53.0 Å². The van der Waals surface area contributed by atoms with Gasteiger partial charge in [-0.1, -0.05) is 13.0 Å². The third-order valence-corrected chi connectivity index (χ3v) is 3.62. The van der Waals surface area contributed by atoms with Crippen molar-refractivity contribution in [2.45, 2.75) is 38.8 Å². The van der Waals surface area contributed by atoms with E-state index in [-0.39, 0.29) is 12.1 Å². The van der Waals surface area contributed by atoms with E-state index in [2.05, 4.69) is 19.9 Å². The minimum absolute atomic E-state index is 0.207. The minimum Gasteiger partial charge on any atom is -0.490 e. The molecule has 3 nitrogen and oxygen atoms in total. The molecular formula is C16H19NO2. The van der Waals surface area contributed by atoms with Crippen molar-refractivity contribution in [2.75, 3.05) is 0 Å². The molecule has 0 saturated carbocycles. The van der Waals surface area contributed by atoms with Crippen molar-refractivity contribution >= 4 is 0 Å². The molecule has 1 aliphatic heterocycles. The molecule has 0 spiro atoms.